The summed E-state index contributed by atoms with van der Waals surface area (Å²) in [5, 5.41) is 4.48. The molecule has 2 atom stereocenters. The lowest BCUT2D eigenvalue weighted by Gasteiger charge is -2.20. The maximum atomic E-state index is 5.08. The lowest BCUT2D eigenvalue weighted by molar-refractivity contribution is 0.218. The summed E-state index contributed by atoms with van der Waals surface area (Å²) in [6.07, 6.45) is 5.39. The minimum absolute atomic E-state index is 0.761. The van der Waals surface area contributed by atoms with Gasteiger partial charge in [0.25, 0.3) is 0 Å². The van der Waals surface area contributed by atoms with Crippen LogP contribution >= 0.6 is 11.8 Å². The molecule has 14 heavy (non-hydrogen) atoms. The Morgan fingerprint density at radius 2 is 2.29 bits per heavy atom. The van der Waals surface area contributed by atoms with E-state index >= 15 is 0 Å². The van der Waals surface area contributed by atoms with Crippen molar-refractivity contribution in [3.63, 3.8) is 0 Å². The molecule has 1 aliphatic carbocycles. The topological polar surface area (TPSA) is 21.3 Å². The van der Waals surface area contributed by atoms with E-state index in [-0.39, 0.29) is 0 Å². The minimum atomic E-state index is 0.761. The smallest absolute Gasteiger partial charge is 0.0553 e. The summed E-state index contributed by atoms with van der Waals surface area (Å²) in [5.74, 6) is 1.14. The van der Waals surface area contributed by atoms with E-state index in [2.05, 4.69) is 24.0 Å². The molecule has 84 valence electrons. The van der Waals surface area contributed by atoms with E-state index in [1.807, 2.05) is 0 Å². The summed E-state index contributed by atoms with van der Waals surface area (Å²) in [6, 6.07) is 0.761. The van der Waals surface area contributed by atoms with Crippen LogP contribution in [0, 0.1) is 0 Å². The van der Waals surface area contributed by atoms with E-state index in [4.69, 9.17) is 4.74 Å². The molecule has 1 rings (SSSR count). The normalized spacial score (nSPS) is 27.0. The largest absolute Gasteiger partial charge is 0.384 e. The van der Waals surface area contributed by atoms with Gasteiger partial charge in [0.1, 0.15) is 0 Å². The number of rotatable bonds is 7. The molecule has 0 aromatic heterocycles. The molecular formula is C11H23NOS. The van der Waals surface area contributed by atoms with Gasteiger partial charge in [0.15, 0.2) is 0 Å². The summed E-state index contributed by atoms with van der Waals surface area (Å²) in [6.45, 7) is 4.29. The predicted molar refractivity (Wildman–Crippen MR) is 64.1 cm³/mol. The maximum Gasteiger partial charge on any atom is 0.0553 e. The van der Waals surface area contributed by atoms with Gasteiger partial charge in [-0.1, -0.05) is 13.3 Å². The van der Waals surface area contributed by atoms with Gasteiger partial charge < -0.3 is 10.1 Å². The SMILES string of the molecule is CCCNC1CCCC1SCCOC. The molecule has 3 heteroatoms. The molecule has 1 saturated carbocycles. The van der Waals surface area contributed by atoms with Crippen molar-refractivity contribution in [1.29, 1.82) is 0 Å². The molecule has 0 aromatic rings. The van der Waals surface area contributed by atoms with Crippen LogP contribution in [0.3, 0.4) is 0 Å². The molecule has 0 heterocycles. The van der Waals surface area contributed by atoms with Crippen molar-refractivity contribution in [3.8, 4) is 0 Å². The van der Waals surface area contributed by atoms with Crippen molar-refractivity contribution in [2.24, 2.45) is 0 Å². The molecular weight excluding hydrogens is 194 g/mol. The Bertz CT molecular complexity index is 143. The Kier molecular flexibility index (Phi) is 6.65. The van der Waals surface area contributed by atoms with Gasteiger partial charge in [0, 0.05) is 24.2 Å². The quantitative estimate of drug-likeness (QED) is 0.661. The fourth-order valence-corrected chi connectivity index (χ4v) is 3.34. The van der Waals surface area contributed by atoms with E-state index in [1.165, 1.54) is 32.2 Å². The molecule has 0 aromatic carbocycles. The molecule has 0 amide bonds. The monoisotopic (exact) mass is 217 g/mol. The standard InChI is InChI=1S/C11H23NOS/c1-3-7-12-10-5-4-6-11(10)14-9-8-13-2/h10-12H,3-9H2,1-2H3. The molecule has 1 aliphatic rings. The average molecular weight is 217 g/mol. The Labute approximate surface area is 92.2 Å². The number of thioether (sulfide) groups is 1. The summed E-state index contributed by atoms with van der Waals surface area (Å²) in [4.78, 5) is 0. The van der Waals surface area contributed by atoms with Crippen molar-refractivity contribution in [3.05, 3.63) is 0 Å². The van der Waals surface area contributed by atoms with Crippen molar-refractivity contribution >= 4 is 11.8 Å². The van der Waals surface area contributed by atoms with Crippen LogP contribution in [0.15, 0.2) is 0 Å². The first-order chi connectivity index (χ1) is 6.88. The minimum Gasteiger partial charge on any atom is -0.384 e. The highest BCUT2D eigenvalue weighted by Crippen LogP contribution is 2.29. The lowest BCUT2D eigenvalue weighted by atomic mass is 10.2. The van der Waals surface area contributed by atoms with E-state index in [9.17, 15) is 0 Å². The molecule has 0 radical (unpaired) electrons. The first kappa shape index (κ1) is 12.3. The van der Waals surface area contributed by atoms with Crippen LogP contribution in [-0.2, 0) is 4.74 Å². The predicted octanol–water partition coefficient (Wildman–Crippen LogP) is 2.29. The number of hydrogen-bond donors (Lipinski definition) is 1. The first-order valence-corrected chi connectivity index (χ1v) is 6.77. The van der Waals surface area contributed by atoms with Crippen LogP contribution in [0.25, 0.3) is 0 Å². The molecule has 0 spiro atoms. The summed E-state index contributed by atoms with van der Waals surface area (Å²) >= 11 is 2.08. The zero-order valence-electron chi connectivity index (χ0n) is 9.42. The molecule has 2 nitrogen and oxygen atoms in total. The van der Waals surface area contributed by atoms with Crippen LogP contribution in [0.4, 0.5) is 0 Å². The van der Waals surface area contributed by atoms with E-state index in [1.54, 1.807) is 7.11 Å². The number of hydrogen-bond acceptors (Lipinski definition) is 3. The van der Waals surface area contributed by atoms with Gasteiger partial charge in [0.2, 0.25) is 0 Å². The second-order valence-corrected chi connectivity index (χ2v) is 5.24. The number of ether oxygens (including phenoxy) is 1. The average Bonchev–Trinajstić information content (AvgIpc) is 2.63. The second kappa shape index (κ2) is 7.55. The van der Waals surface area contributed by atoms with Crippen LogP contribution in [0.1, 0.15) is 32.6 Å². The van der Waals surface area contributed by atoms with E-state index in [0.29, 0.717) is 0 Å². The van der Waals surface area contributed by atoms with Gasteiger partial charge >= 0.3 is 0 Å². The molecule has 0 saturated heterocycles. The molecule has 2 unspecified atom stereocenters. The Morgan fingerprint density at radius 3 is 3.00 bits per heavy atom. The highest BCUT2D eigenvalue weighted by atomic mass is 32.2. The Hall–Kier alpha value is 0.270. The Balaban J connectivity index is 2.14. The van der Waals surface area contributed by atoms with Gasteiger partial charge in [0.05, 0.1) is 6.61 Å². The lowest BCUT2D eigenvalue weighted by Crippen LogP contribution is -2.34. The number of methoxy groups -OCH3 is 1. The van der Waals surface area contributed by atoms with Gasteiger partial charge in [-0.2, -0.15) is 11.8 Å². The third kappa shape index (κ3) is 4.20. The fraction of sp³-hybridized carbons (Fsp3) is 1.00. The highest BCUT2D eigenvalue weighted by molar-refractivity contribution is 8.00. The highest BCUT2D eigenvalue weighted by Gasteiger charge is 2.26. The van der Waals surface area contributed by atoms with Crippen molar-refractivity contribution in [2.45, 2.75) is 43.9 Å². The van der Waals surface area contributed by atoms with Gasteiger partial charge in [-0.15, -0.1) is 0 Å². The molecule has 0 aliphatic heterocycles. The van der Waals surface area contributed by atoms with Crippen LogP contribution in [0.5, 0.6) is 0 Å². The fourth-order valence-electron chi connectivity index (χ4n) is 1.97. The van der Waals surface area contributed by atoms with Crippen molar-refractivity contribution in [1.82, 2.24) is 5.32 Å². The molecule has 1 N–H and O–H groups in total. The summed E-state index contributed by atoms with van der Waals surface area (Å²) in [7, 11) is 1.78. The first-order valence-electron chi connectivity index (χ1n) is 5.72. The number of nitrogens with one attached hydrogen (secondary N) is 1. The Morgan fingerprint density at radius 1 is 1.43 bits per heavy atom. The van der Waals surface area contributed by atoms with Crippen molar-refractivity contribution in [2.75, 3.05) is 26.0 Å². The van der Waals surface area contributed by atoms with Gasteiger partial charge in [-0.3, -0.25) is 0 Å². The second-order valence-electron chi connectivity index (χ2n) is 3.89. The van der Waals surface area contributed by atoms with Crippen LogP contribution in [-0.4, -0.2) is 37.3 Å². The van der Waals surface area contributed by atoms with Gasteiger partial charge in [-0.25, -0.2) is 0 Å². The van der Waals surface area contributed by atoms with E-state index in [0.717, 1.165) is 23.7 Å². The third-order valence-corrected chi connectivity index (χ3v) is 4.12. The van der Waals surface area contributed by atoms with E-state index < -0.39 is 0 Å². The van der Waals surface area contributed by atoms with Crippen LogP contribution < -0.4 is 5.32 Å². The summed E-state index contributed by atoms with van der Waals surface area (Å²) < 4.78 is 5.08. The van der Waals surface area contributed by atoms with Crippen molar-refractivity contribution < 1.29 is 4.74 Å². The molecule has 0 bridgehead atoms. The zero-order valence-corrected chi connectivity index (χ0v) is 10.2. The molecule has 1 fully saturated rings. The maximum absolute atomic E-state index is 5.08. The summed E-state index contributed by atoms with van der Waals surface area (Å²) in [5.41, 5.74) is 0. The third-order valence-electron chi connectivity index (χ3n) is 2.73. The zero-order chi connectivity index (χ0) is 10.2. The van der Waals surface area contributed by atoms with Crippen LogP contribution in [0.2, 0.25) is 0 Å². The van der Waals surface area contributed by atoms with Gasteiger partial charge in [-0.05, 0) is 25.8 Å².